The van der Waals surface area contributed by atoms with Crippen molar-refractivity contribution in [3.63, 3.8) is 0 Å². The molecule has 42 heteroatoms. The normalized spacial score (nSPS) is 47.2. The summed E-state index contributed by atoms with van der Waals surface area (Å²) < 4.78 is 103. The molecule has 12 rings (SSSR count). The fourth-order valence-electron chi connectivity index (χ4n) is 23.3. The third-order valence-electron chi connectivity index (χ3n) is 31.7. The first-order valence-electron chi connectivity index (χ1n) is 46.5. The fourth-order valence-corrected chi connectivity index (χ4v) is 23.3. The molecule has 752 valence electrons. The van der Waals surface area contributed by atoms with Gasteiger partial charge in [-0.1, -0.05) is 93.7 Å². The molecule has 0 aromatic heterocycles. The lowest BCUT2D eigenvalue weighted by Crippen LogP contribution is -2.69. The molecule has 131 heavy (non-hydrogen) atoms. The first-order valence-corrected chi connectivity index (χ1v) is 46.5. The molecule has 20 N–H and O–H groups in total. The van der Waals surface area contributed by atoms with E-state index >= 15 is 4.79 Å². The van der Waals surface area contributed by atoms with Gasteiger partial charge in [0.25, 0.3) is 5.91 Å². The monoisotopic (exact) mass is 1880 g/mol. The Labute approximate surface area is 760 Å². The Bertz CT molecular complexity index is 3820. The molecule has 0 bridgehead atoms. The van der Waals surface area contributed by atoms with Crippen LogP contribution in [0.2, 0.25) is 0 Å². The van der Waals surface area contributed by atoms with E-state index in [0.29, 0.717) is 51.4 Å². The summed E-state index contributed by atoms with van der Waals surface area (Å²) in [6.07, 6.45) is -57.4. The van der Waals surface area contributed by atoms with Gasteiger partial charge in [-0.05, 0) is 123 Å². The van der Waals surface area contributed by atoms with Gasteiger partial charge in [-0.15, -0.1) is 0 Å². The number of likely N-dealkylation sites (N-methyl/N-ethyl adjacent to an activating group) is 1. The van der Waals surface area contributed by atoms with Crippen molar-refractivity contribution in [2.24, 2.45) is 62.1 Å². The molecular weight excluding hydrogens is 1740 g/mol. The van der Waals surface area contributed by atoms with Crippen LogP contribution in [0.15, 0.2) is 11.6 Å². The Hall–Kier alpha value is -4.03. The van der Waals surface area contributed by atoms with E-state index in [9.17, 15) is 116 Å². The van der Waals surface area contributed by atoms with Crippen molar-refractivity contribution < 1.29 is 202 Å². The molecule has 12 aliphatic rings. The molecular formula is C89H145NO41. The van der Waals surface area contributed by atoms with Crippen LogP contribution < -0.4 is 5.32 Å². The second kappa shape index (κ2) is 43.0. The third-order valence-corrected chi connectivity index (χ3v) is 31.7. The quantitative estimate of drug-likeness (QED) is 0.00978. The average Bonchev–Trinajstić information content (AvgIpc) is 0.902. The summed E-state index contributed by atoms with van der Waals surface area (Å²) in [5, 5.41) is 216. The molecule has 5 aliphatic carbocycles. The minimum atomic E-state index is -2.10. The first kappa shape index (κ1) is 106. The summed E-state index contributed by atoms with van der Waals surface area (Å²) in [5.41, 5.74) is -5.27. The SMILES string of the molecule is CCNC(=O)C1OC(O[C@H]2CC[C@@]3(C)C(CC[C@]4(C)C3CC=C3C5CC(C)(C)CC[C@]5(C(=O)OC5OC(O)CC(OC(=O)C[C@@H](O)C[C@H](OC(=O)C[C@@H](O)C[C@H](OC6OC(CO)C(O)C6O)[C@@H](C)CC)[C@@H](C)CC)C5OC5OC(C)C(OC6OCC(O)C(OC)C6O)C(O)C5O)[C@H](O)C[C@]34C)[C@]2(C)C=O)C(OC2OC(CO)C(O)C(O)C2O)C(OC2OCC(O)C(O)C2O)C1O. The third kappa shape index (κ3) is 21.1. The number of allylic oxidation sites excluding steroid dienone is 2. The predicted octanol–water partition coefficient (Wildman–Crippen LogP) is -3.49. The van der Waals surface area contributed by atoms with Gasteiger partial charge in [0, 0.05) is 32.9 Å². The molecule has 0 aromatic carbocycles. The maximum absolute atomic E-state index is 16.3. The zero-order chi connectivity index (χ0) is 96.1. The zero-order valence-electron chi connectivity index (χ0n) is 76.7. The van der Waals surface area contributed by atoms with Gasteiger partial charge in [-0.25, -0.2) is 0 Å². The van der Waals surface area contributed by atoms with Gasteiger partial charge >= 0.3 is 17.9 Å². The van der Waals surface area contributed by atoms with E-state index in [1.54, 1.807) is 27.7 Å². The number of carbonyl (C=O) groups excluding carboxylic acids is 5. The number of fused-ring (bicyclic) bond motifs is 7. The minimum absolute atomic E-state index is 0.0274. The number of aliphatic hydroxyl groups excluding tert-OH is 19. The number of amides is 1. The number of carbonyl (C=O) groups is 5. The number of esters is 3. The predicted molar refractivity (Wildman–Crippen MR) is 442 cm³/mol. The van der Waals surface area contributed by atoms with Crippen molar-refractivity contribution in [2.45, 2.75) is 413 Å². The smallest absolute Gasteiger partial charge is 0.317 e. The summed E-state index contributed by atoms with van der Waals surface area (Å²) in [4.78, 5) is 73.2. The largest absolute Gasteiger partial charge is 0.462 e. The van der Waals surface area contributed by atoms with Crippen LogP contribution in [0.1, 0.15) is 186 Å². The summed E-state index contributed by atoms with van der Waals surface area (Å²) >= 11 is 0. The number of rotatable bonds is 34. The van der Waals surface area contributed by atoms with Gasteiger partial charge in [-0.2, -0.15) is 0 Å². The molecule has 0 radical (unpaired) electrons. The summed E-state index contributed by atoms with van der Waals surface area (Å²) in [6.45, 7) is 20.0. The van der Waals surface area contributed by atoms with Crippen LogP contribution in [0.4, 0.5) is 0 Å². The van der Waals surface area contributed by atoms with E-state index in [4.69, 9.17) is 80.5 Å². The molecule has 7 saturated heterocycles. The van der Waals surface area contributed by atoms with Crippen LogP contribution in [-0.4, -0.2) is 395 Å². The van der Waals surface area contributed by atoms with E-state index in [0.717, 1.165) is 11.9 Å². The van der Waals surface area contributed by atoms with Crippen molar-refractivity contribution in [1.82, 2.24) is 5.32 Å². The fraction of sp³-hybridized carbons (Fsp3) is 0.921. The number of aldehydes is 1. The van der Waals surface area contributed by atoms with Crippen LogP contribution in [-0.2, 0) is 104 Å². The van der Waals surface area contributed by atoms with Gasteiger partial charge in [0.1, 0.15) is 140 Å². The number of hydrogen-bond donors (Lipinski definition) is 20. The zero-order valence-corrected chi connectivity index (χ0v) is 76.7. The lowest BCUT2D eigenvalue weighted by atomic mass is 9.33. The summed E-state index contributed by atoms with van der Waals surface area (Å²) in [5.74, 6) is -6.18. The van der Waals surface area contributed by atoms with Crippen LogP contribution >= 0.6 is 0 Å². The topological polar surface area (TPSA) is 639 Å². The molecule has 4 saturated carbocycles. The molecule has 1 amide bonds. The minimum Gasteiger partial charge on any atom is -0.462 e. The van der Waals surface area contributed by atoms with E-state index in [1.165, 1.54) is 14.0 Å². The van der Waals surface area contributed by atoms with Crippen molar-refractivity contribution in [2.75, 3.05) is 40.1 Å². The standard InChI is InChI=1S/C89H145NO41/c1-14-37(4)46(119-55(99)27-41(95)26-47(38(5)15-2)121-79-64(108)60(104)50(33-92)122-79)25-40(94)28-56(100)120-48-29-57(101)125-81(71(48)127-78-66(110)62(106)69(39(6)118-78)126-77-68(112)70(115-13)45(97)35-117-77)131-83(114)89-24-23-84(7,8)30-43(89)42-17-18-52-85(9)21-20-54(86(10,36-93)51(85)19-22-87(52,11)88(42,12)31-53(89)98)124-82-74(130-80-65(109)61(105)59(103)49(32-91)123-80)72(67(111)73(129-82)75(113)90-16-3)128-76-63(107)58(102)44(96)34-116-76/h17,36-41,43-54,57-74,76-82,91-92,94-98,101-112H,14-16,18-35H2,1-13H3,(H,90,113)/t37-,38-,39?,40-,41-,43?,44?,45?,46-,47-,48?,49?,50?,51?,52?,53+,54-,57?,58?,59?,60?,61?,62?,63?,64?,65?,66?,67?,68?,69?,70?,71?,72?,73?,74?,76?,77?,78?,79?,80?,81?,82?,85-,86-,87+,88+,89+/m0/s1. The van der Waals surface area contributed by atoms with E-state index in [2.05, 4.69) is 32.2 Å². The van der Waals surface area contributed by atoms with Crippen LogP contribution in [0.3, 0.4) is 0 Å². The Kier molecular flexibility index (Phi) is 34.7. The maximum Gasteiger partial charge on any atom is 0.317 e. The van der Waals surface area contributed by atoms with Gasteiger partial charge in [0.2, 0.25) is 6.29 Å². The molecule has 11 fully saturated rings. The van der Waals surface area contributed by atoms with Gasteiger partial charge < -0.3 is 188 Å². The molecule has 34 unspecified atom stereocenters. The van der Waals surface area contributed by atoms with E-state index < -0.39 is 340 Å². The molecule has 7 aliphatic heterocycles. The number of methoxy groups -OCH3 is 1. The maximum atomic E-state index is 16.3. The Balaban J connectivity index is 0.802. The lowest BCUT2D eigenvalue weighted by molar-refractivity contribution is -0.391. The Morgan fingerprint density at radius 3 is 1.76 bits per heavy atom. The summed E-state index contributed by atoms with van der Waals surface area (Å²) in [6, 6.07) is 0. The van der Waals surface area contributed by atoms with E-state index in [-0.39, 0.29) is 57.1 Å². The highest BCUT2D eigenvalue weighted by Crippen LogP contribution is 2.76. The molecule has 0 spiro atoms. The first-order chi connectivity index (χ1) is 61.7. The molecule has 47 atom stereocenters. The second-order valence-electron chi connectivity index (χ2n) is 40.4. The van der Waals surface area contributed by atoms with E-state index in [1.807, 2.05) is 27.7 Å². The van der Waals surface area contributed by atoms with Gasteiger partial charge in [0.15, 0.2) is 56.2 Å². The summed E-state index contributed by atoms with van der Waals surface area (Å²) in [7, 11) is 1.25. The van der Waals surface area contributed by atoms with Crippen molar-refractivity contribution in [3.8, 4) is 0 Å². The van der Waals surface area contributed by atoms with Crippen molar-refractivity contribution >= 4 is 30.1 Å². The number of hydrogen-bond acceptors (Lipinski definition) is 41. The molecule has 42 nitrogen and oxygen atoms in total. The molecule has 7 heterocycles. The average molecular weight is 1890 g/mol. The highest BCUT2D eigenvalue weighted by molar-refractivity contribution is 5.82. The Morgan fingerprint density at radius 2 is 1.12 bits per heavy atom. The highest BCUT2D eigenvalue weighted by atomic mass is 16.8. The van der Waals surface area contributed by atoms with Crippen LogP contribution in [0, 0.1) is 62.1 Å². The van der Waals surface area contributed by atoms with Crippen LogP contribution in [0.5, 0.6) is 0 Å². The van der Waals surface area contributed by atoms with Crippen LogP contribution in [0.25, 0.3) is 0 Å². The van der Waals surface area contributed by atoms with Gasteiger partial charge in [-0.3, -0.25) is 19.2 Å². The van der Waals surface area contributed by atoms with Gasteiger partial charge in [0.05, 0.1) is 81.3 Å². The van der Waals surface area contributed by atoms with Crippen molar-refractivity contribution in [1.29, 1.82) is 0 Å². The Morgan fingerprint density at radius 1 is 0.550 bits per heavy atom. The second-order valence-corrected chi connectivity index (χ2v) is 40.4. The number of nitrogens with one attached hydrogen (secondary N) is 1. The highest BCUT2D eigenvalue weighted by Gasteiger charge is 2.73. The number of ether oxygens (including phenoxy) is 17. The van der Waals surface area contributed by atoms with Crippen molar-refractivity contribution in [3.05, 3.63) is 11.6 Å². The molecule has 0 aromatic rings. The number of aliphatic hydroxyl groups is 19. The lowest BCUT2D eigenvalue weighted by Gasteiger charge is -2.71.